The van der Waals surface area contributed by atoms with Crippen LogP contribution in [-0.2, 0) is 5.75 Å². The molecule has 0 saturated heterocycles. The summed E-state index contributed by atoms with van der Waals surface area (Å²) in [6, 6.07) is 5.78. The van der Waals surface area contributed by atoms with E-state index in [-0.39, 0.29) is 0 Å². The Morgan fingerprint density at radius 1 is 1.29 bits per heavy atom. The molecule has 0 amide bonds. The van der Waals surface area contributed by atoms with E-state index in [2.05, 4.69) is 25.3 Å². The average Bonchev–Trinajstić information content (AvgIpc) is 2.95. The molecule has 0 atom stereocenters. The zero-order chi connectivity index (χ0) is 14.7. The van der Waals surface area contributed by atoms with Crippen molar-refractivity contribution < 1.29 is 4.74 Å². The number of imidazole rings is 1. The molecule has 7 heteroatoms. The standard InChI is InChI=1S/C14H15N5OS/c1-15-13-7-16-9(6-17-13)8-21-14-18-11-4-3-10(20-2)5-12(11)19-14/h3-7H,8H2,1-2H3,(H,15,17)(H,18,19). The van der Waals surface area contributed by atoms with Crippen LogP contribution in [0.1, 0.15) is 5.69 Å². The van der Waals surface area contributed by atoms with E-state index in [4.69, 9.17) is 4.74 Å². The lowest BCUT2D eigenvalue weighted by atomic mass is 10.3. The molecule has 2 N–H and O–H groups in total. The van der Waals surface area contributed by atoms with Crippen LogP contribution in [0.4, 0.5) is 5.82 Å². The first kappa shape index (κ1) is 13.7. The second-order valence-electron chi connectivity index (χ2n) is 4.36. The van der Waals surface area contributed by atoms with Crippen molar-refractivity contribution in [3.63, 3.8) is 0 Å². The van der Waals surface area contributed by atoms with E-state index < -0.39 is 0 Å². The lowest BCUT2D eigenvalue weighted by Crippen LogP contribution is -1.95. The zero-order valence-electron chi connectivity index (χ0n) is 11.8. The number of nitrogens with zero attached hydrogens (tertiary/aromatic N) is 3. The lowest BCUT2D eigenvalue weighted by Gasteiger charge is -2.00. The maximum atomic E-state index is 5.20. The summed E-state index contributed by atoms with van der Waals surface area (Å²) >= 11 is 1.60. The van der Waals surface area contributed by atoms with E-state index in [0.29, 0.717) is 5.75 Å². The molecule has 0 aliphatic heterocycles. The van der Waals surface area contributed by atoms with Gasteiger partial charge in [0.05, 0.1) is 36.2 Å². The van der Waals surface area contributed by atoms with Gasteiger partial charge in [0, 0.05) is 18.9 Å². The van der Waals surface area contributed by atoms with Gasteiger partial charge < -0.3 is 15.0 Å². The second-order valence-corrected chi connectivity index (χ2v) is 5.32. The molecule has 0 aliphatic carbocycles. The number of hydrogen-bond acceptors (Lipinski definition) is 6. The van der Waals surface area contributed by atoms with Gasteiger partial charge in [0.2, 0.25) is 0 Å². The Labute approximate surface area is 126 Å². The summed E-state index contributed by atoms with van der Waals surface area (Å²) in [6.45, 7) is 0. The molecule has 0 unspecified atom stereocenters. The summed E-state index contributed by atoms with van der Waals surface area (Å²) in [5, 5.41) is 3.80. The number of ether oxygens (including phenoxy) is 1. The summed E-state index contributed by atoms with van der Waals surface area (Å²) in [7, 11) is 3.47. The molecule has 1 aromatic carbocycles. The van der Waals surface area contributed by atoms with Crippen molar-refractivity contribution in [2.75, 3.05) is 19.5 Å². The first-order valence-corrected chi connectivity index (χ1v) is 7.42. The summed E-state index contributed by atoms with van der Waals surface area (Å²) in [5.74, 6) is 2.30. The Kier molecular flexibility index (Phi) is 3.92. The number of anilines is 1. The van der Waals surface area contributed by atoms with Gasteiger partial charge in [-0.3, -0.25) is 4.98 Å². The minimum atomic E-state index is 0.716. The number of hydrogen-bond donors (Lipinski definition) is 2. The summed E-state index contributed by atoms with van der Waals surface area (Å²) in [5.41, 5.74) is 2.81. The van der Waals surface area contributed by atoms with E-state index in [0.717, 1.165) is 33.5 Å². The number of H-pyrrole nitrogens is 1. The van der Waals surface area contributed by atoms with Gasteiger partial charge in [-0.1, -0.05) is 11.8 Å². The highest BCUT2D eigenvalue weighted by Gasteiger charge is 2.06. The molecular weight excluding hydrogens is 286 g/mol. The monoisotopic (exact) mass is 301 g/mol. The van der Waals surface area contributed by atoms with E-state index in [1.165, 1.54) is 0 Å². The van der Waals surface area contributed by atoms with Gasteiger partial charge in [-0.2, -0.15) is 0 Å². The van der Waals surface area contributed by atoms with Crippen LogP contribution < -0.4 is 10.1 Å². The molecule has 0 fully saturated rings. The van der Waals surface area contributed by atoms with Gasteiger partial charge in [0.15, 0.2) is 5.16 Å². The number of nitrogens with one attached hydrogen (secondary N) is 2. The van der Waals surface area contributed by atoms with Crippen LogP contribution in [0.25, 0.3) is 11.0 Å². The first-order chi connectivity index (χ1) is 10.3. The van der Waals surface area contributed by atoms with Crippen LogP contribution >= 0.6 is 11.8 Å². The SMILES string of the molecule is CNc1cnc(CSc2nc3ccc(OC)cc3[nH]2)cn1. The normalized spacial score (nSPS) is 10.8. The van der Waals surface area contributed by atoms with Crippen LogP contribution in [0.5, 0.6) is 5.75 Å². The van der Waals surface area contributed by atoms with Gasteiger partial charge in [0.25, 0.3) is 0 Å². The van der Waals surface area contributed by atoms with Crippen molar-refractivity contribution in [2.45, 2.75) is 10.9 Å². The maximum Gasteiger partial charge on any atom is 0.166 e. The summed E-state index contributed by atoms with van der Waals surface area (Å²) in [6.07, 6.45) is 3.49. The number of aromatic nitrogens is 4. The van der Waals surface area contributed by atoms with Crippen molar-refractivity contribution in [1.29, 1.82) is 0 Å². The average molecular weight is 301 g/mol. The van der Waals surface area contributed by atoms with Crippen LogP contribution in [0.3, 0.4) is 0 Å². The van der Waals surface area contributed by atoms with Crippen LogP contribution in [0, 0.1) is 0 Å². The Morgan fingerprint density at radius 3 is 2.90 bits per heavy atom. The lowest BCUT2D eigenvalue weighted by molar-refractivity contribution is 0.415. The minimum absolute atomic E-state index is 0.716. The number of rotatable bonds is 5. The number of methoxy groups -OCH3 is 1. The van der Waals surface area contributed by atoms with Crippen molar-refractivity contribution in [3.05, 3.63) is 36.3 Å². The third-order valence-corrected chi connectivity index (χ3v) is 3.89. The Morgan fingerprint density at radius 2 is 2.19 bits per heavy atom. The van der Waals surface area contributed by atoms with Crippen molar-refractivity contribution in [2.24, 2.45) is 0 Å². The van der Waals surface area contributed by atoms with Gasteiger partial charge >= 0.3 is 0 Å². The van der Waals surface area contributed by atoms with Crippen LogP contribution in [-0.4, -0.2) is 34.1 Å². The van der Waals surface area contributed by atoms with Crippen molar-refractivity contribution in [1.82, 2.24) is 19.9 Å². The minimum Gasteiger partial charge on any atom is -0.497 e. The molecular formula is C14H15N5OS. The molecule has 108 valence electrons. The predicted octanol–water partition coefficient (Wildman–Crippen LogP) is 2.70. The van der Waals surface area contributed by atoms with Gasteiger partial charge in [-0.25, -0.2) is 9.97 Å². The summed E-state index contributed by atoms with van der Waals surface area (Å²) in [4.78, 5) is 16.4. The molecule has 0 spiro atoms. The Hall–Kier alpha value is -2.28. The molecule has 21 heavy (non-hydrogen) atoms. The molecule has 3 aromatic rings. The van der Waals surface area contributed by atoms with E-state index in [1.54, 1.807) is 31.3 Å². The third kappa shape index (κ3) is 3.08. The highest BCUT2D eigenvalue weighted by molar-refractivity contribution is 7.98. The van der Waals surface area contributed by atoms with Gasteiger partial charge in [-0.05, 0) is 12.1 Å². The number of benzene rings is 1. The Bertz CT molecular complexity index is 741. The predicted molar refractivity (Wildman–Crippen MR) is 83.8 cm³/mol. The quantitative estimate of drug-likeness (QED) is 0.706. The molecule has 6 nitrogen and oxygen atoms in total. The fraction of sp³-hybridized carbons (Fsp3) is 0.214. The molecule has 0 aliphatic rings. The molecule has 2 heterocycles. The molecule has 0 radical (unpaired) electrons. The smallest absolute Gasteiger partial charge is 0.166 e. The molecule has 2 aromatic heterocycles. The topological polar surface area (TPSA) is 75.7 Å². The zero-order valence-corrected chi connectivity index (χ0v) is 12.6. The van der Waals surface area contributed by atoms with E-state index in [9.17, 15) is 0 Å². The maximum absolute atomic E-state index is 5.20. The number of fused-ring (bicyclic) bond motifs is 1. The van der Waals surface area contributed by atoms with Crippen LogP contribution in [0.15, 0.2) is 35.7 Å². The van der Waals surface area contributed by atoms with E-state index in [1.807, 2.05) is 25.2 Å². The second kappa shape index (κ2) is 6.01. The van der Waals surface area contributed by atoms with Crippen molar-refractivity contribution in [3.8, 4) is 5.75 Å². The fourth-order valence-electron chi connectivity index (χ4n) is 1.86. The molecule has 0 bridgehead atoms. The molecule has 3 rings (SSSR count). The highest BCUT2D eigenvalue weighted by atomic mass is 32.2. The first-order valence-electron chi connectivity index (χ1n) is 6.43. The third-order valence-electron chi connectivity index (χ3n) is 2.99. The van der Waals surface area contributed by atoms with Crippen LogP contribution in [0.2, 0.25) is 0 Å². The van der Waals surface area contributed by atoms with Gasteiger partial charge in [0.1, 0.15) is 11.6 Å². The van der Waals surface area contributed by atoms with Crippen molar-refractivity contribution >= 4 is 28.6 Å². The summed E-state index contributed by atoms with van der Waals surface area (Å²) < 4.78 is 5.20. The molecule has 0 saturated carbocycles. The number of aromatic amines is 1. The van der Waals surface area contributed by atoms with E-state index >= 15 is 0 Å². The fourth-order valence-corrected chi connectivity index (χ4v) is 2.64. The Balaban J connectivity index is 1.72. The highest BCUT2D eigenvalue weighted by Crippen LogP contribution is 2.24. The number of thioether (sulfide) groups is 1. The largest absolute Gasteiger partial charge is 0.497 e. The van der Waals surface area contributed by atoms with Gasteiger partial charge in [-0.15, -0.1) is 0 Å².